The lowest BCUT2D eigenvalue weighted by molar-refractivity contribution is 0.0994. The third-order valence-electron chi connectivity index (χ3n) is 3.18. The number of ether oxygens (including phenoxy) is 1. The Morgan fingerprint density at radius 2 is 2.13 bits per heavy atom. The summed E-state index contributed by atoms with van der Waals surface area (Å²) in [5, 5.41) is 0. The van der Waals surface area contributed by atoms with Crippen molar-refractivity contribution in [1.82, 2.24) is 0 Å². The molecule has 1 aromatic rings. The molecule has 0 heterocycles. The van der Waals surface area contributed by atoms with E-state index in [0.717, 1.165) is 35.8 Å². The lowest BCUT2D eigenvalue weighted by atomic mass is 10.1. The number of benzene rings is 1. The van der Waals surface area contributed by atoms with Crippen LogP contribution >= 0.6 is 0 Å². The summed E-state index contributed by atoms with van der Waals surface area (Å²) in [6.45, 7) is 0.840. The normalized spacial score (nSPS) is 19.1. The first-order chi connectivity index (χ1) is 7.33. The first-order valence-corrected chi connectivity index (χ1v) is 5.62. The third-order valence-corrected chi connectivity index (χ3v) is 3.18. The molecule has 0 spiro atoms. The molecule has 78 valence electrons. The zero-order valence-electron chi connectivity index (χ0n) is 8.66. The Morgan fingerprint density at radius 3 is 2.93 bits per heavy atom. The van der Waals surface area contributed by atoms with E-state index in [0.29, 0.717) is 6.42 Å². The number of carbonyl (C=O) groups excluding carboxylic acids is 1. The van der Waals surface area contributed by atoms with E-state index >= 15 is 0 Å². The molecule has 1 aromatic carbocycles. The van der Waals surface area contributed by atoms with Gasteiger partial charge in [-0.1, -0.05) is 0 Å². The fourth-order valence-corrected chi connectivity index (χ4v) is 2.02. The fraction of sp³-hybridized carbons (Fsp3) is 0.462. The molecule has 1 saturated carbocycles. The quantitative estimate of drug-likeness (QED) is 0.753. The second kappa shape index (κ2) is 3.37. The van der Waals surface area contributed by atoms with Gasteiger partial charge in [0.15, 0.2) is 5.78 Å². The maximum atomic E-state index is 11.4. The lowest BCUT2D eigenvalue weighted by Gasteiger charge is -2.06. The molecule has 0 N–H and O–H groups in total. The summed E-state index contributed by atoms with van der Waals surface area (Å²) >= 11 is 0. The van der Waals surface area contributed by atoms with Gasteiger partial charge >= 0.3 is 0 Å². The minimum atomic E-state index is 0.277. The van der Waals surface area contributed by atoms with Crippen molar-refractivity contribution >= 4 is 5.78 Å². The van der Waals surface area contributed by atoms with E-state index in [-0.39, 0.29) is 5.78 Å². The van der Waals surface area contributed by atoms with E-state index in [4.69, 9.17) is 4.74 Å². The molecule has 2 nitrogen and oxygen atoms in total. The molecule has 0 amide bonds. The van der Waals surface area contributed by atoms with Gasteiger partial charge in [0.2, 0.25) is 0 Å². The van der Waals surface area contributed by atoms with Crippen molar-refractivity contribution in [2.24, 2.45) is 5.92 Å². The molecule has 0 aliphatic heterocycles. The van der Waals surface area contributed by atoms with Crippen molar-refractivity contribution in [2.45, 2.75) is 25.7 Å². The summed E-state index contributed by atoms with van der Waals surface area (Å²) in [6, 6.07) is 5.86. The summed E-state index contributed by atoms with van der Waals surface area (Å²) in [7, 11) is 0. The molecule has 15 heavy (non-hydrogen) atoms. The van der Waals surface area contributed by atoms with Crippen LogP contribution in [0.25, 0.3) is 0 Å². The third kappa shape index (κ3) is 1.76. The van der Waals surface area contributed by atoms with Crippen LogP contribution in [0.5, 0.6) is 5.75 Å². The molecule has 2 aliphatic carbocycles. The lowest BCUT2D eigenvalue weighted by Crippen LogP contribution is -1.99. The van der Waals surface area contributed by atoms with E-state index in [2.05, 4.69) is 0 Å². The zero-order valence-corrected chi connectivity index (χ0v) is 8.66. The first-order valence-electron chi connectivity index (χ1n) is 5.62. The molecule has 0 saturated heterocycles. The molecule has 2 heteroatoms. The van der Waals surface area contributed by atoms with Crippen molar-refractivity contribution in [3.8, 4) is 5.75 Å². The van der Waals surface area contributed by atoms with Gasteiger partial charge in [-0.05, 0) is 48.9 Å². The van der Waals surface area contributed by atoms with Gasteiger partial charge in [0, 0.05) is 12.0 Å². The minimum absolute atomic E-state index is 0.277. The van der Waals surface area contributed by atoms with E-state index in [1.165, 1.54) is 12.8 Å². The average Bonchev–Trinajstić information content (AvgIpc) is 3.01. The van der Waals surface area contributed by atoms with E-state index in [9.17, 15) is 4.79 Å². The maximum Gasteiger partial charge on any atom is 0.163 e. The highest BCUT2D eigenvalue weighted by molar-refractivity contribution is 6.00. The van der Waals surface area contributed by atoms with Gasteiger partial charge in [-0.15, -0.1) is 0 Å². The van der Waals surface area contributed by atoms with Gasteiger partial charge in [0.25, 0.3) is 0 Å². The Morgan fingerprint density at radius 1 is 1.27 bits per heavy atom. The SMILES string of the molecule is O=C1CCc2cc(OCC3CC3)ccc21. The van der Waals surface area contributed by atoms with Crippen LogP contribution < -0.4 is 4.74 Å². The standard InChI is InChI=1S/C13H14O2/c14-13-6-3-10-7-11(4-5-12(10)13)15-8-9-1-2-9/h4-5,7,9H,1-3,6,8H2. The van der Waals surface area contributed by atoms with E-state index < -0.39 is 0 Å². The molecule has 0 unspecified atom stereocenters. The molecule has 0 bridgehead atoms. The predicted molar refractivity (Wildman–Crippen MR) is 57.3 cm³/mol. The van der Waals surface area contributed by atoms with Crippen LogP contribution in [0.3, 0.4) is 0 Å². The van der Waals surface area contributed by atoms with Gasteiger partial charge < -0.3 is 4.74 Å². The number of fused-ring (bicyclic) bond motifs is 1. The maximum absolute atomic E-state index is 11.4. The van der Waals surface area contributed by atoms with Crippen LogP contribution in [0.4, 0.5) is 0 Å². The number of carbonyl (C=O) groups is 1. The number of aryl methyl sites for hydroxylation is 1. The fourth-order valence-electron chi connectivity index (χ4n) is 2.02. The Labute approximate surface area is 89.2 Å². The summed E-state index contributed by atoms with van der Waals surface area (Å²) in [4.78, 5) is 11.4. The van der Waals surface area contributed by atoms with Crippen LogP contribution in [0.2, 0.25) is 0 Å². The smallest absolute Gasteiger partial charge is 0.163 e. The number of Topliss-reactive ketones (excluding diaryl/α,β-unsaturated/α-hetero) is 1. The highest BCUT2D eigenvalue weighted by Gasteiger charge is 2.23. The number of ketones is 1. The van der Waals surface area contributed by atoms with Crippen LogP contribution in [0.15, 0.2) is 18.2 Å². The summed E-state index contributed by atoms with van der Waals surface area (Å²) in [6.07, 6.45) is 4.17. The molecular weight excluding hydrogens is 188 g/mol. The Kier molecular flexibility index (Phi) is 2.01. The number of rotatable bonds is 3. The van der Waals surface area contributed by atoms with Crippen LogP contribution in [-0.2, 0) is 6.42 Å². The van der Waals surface area contributed by atoms with Crippen LogP contribution in [0.1, 0.15) is 35.2 Å². The van der Waals surface area contributed by atoms with Gasteiger partial charge in [-0.2, -0.15) is 0 Å². The van der Waals surface area contributed by atoms with Crippen LogP contribution in [0, 0.1) is 5.92 Å². The summed E-state index contributed by atoms with van der Waals surface area (Å²) < 4.78 is 5.68. The van der Waals surface area contributed by atoms with E-state index in [1.807, 2.05) is 18.2 Å². The molecular formula is C13H14O2. The molecule has 1 fully saturated rings. The summed E-state index contributed by atoms with van der Waals surface area (Å²) in [5.41, 5.74) is 2.06. The monoisotopic (exact) mass is 202 g/mol. The topological polar surface area (TPSA) is 26.3 Å². The second-order valence-corrected chi connectivity index (χ2v) is 4.50. The van der Waals surface area contributed by atoms with Gasteiger partial charge in [0.05, 0.1) is 6.61 Å². The highest BCUT2D eigenvalue weighted by atomic mass is 16.5. The molecule has 0 radical (unpaired) electrons. The molecule has 0 aromatic heterocycles. The van der Waals surface area contributed by atoms with Crippen molar-refractivity contribution in [3.63, 3.8) is 0 Å². The largest absolute Gasteiger partial charge is 0.493 e. The van der Waals surface area contributed by atoms with Crippen molar-refractivity contribution < 1.29 is 9.53 Å². The summed E-state index contributed by atoms with van der Waals surface area (Å²) in [5.74, 6) is 1.98. The van der Waals surface area contributed by atoms with Gasteiger partial charge in [0.1, 0.15) is 5.75 Å². The average molecular weight is 202 g/mol. The van der Waals surface area contributed by atoms with E-state index in [1.54, 1.807) is 0 Å². The molecule has 2 aliphatic rings. The van der Waals surface area contributed by atoms with Crippen molar-refractivity contribution in [1.29, 1.82) is 0 Å². The molecule has 3 rings (SSSR count). The molecule has 0 atom stereocenters. The van der Waals surface area contributed by atoms with Crippen LogP contribution in [-0.4, -0.2) is 12.4 Å². The Hall–Kier alpha value is -1.31. The van der Waals surface area contributed by atoms with Gasteiger partial charge in [-0.3, -0.25) is 4.79 Å². The second-order valence-electron chi connectivity index (χ2n) is 4.50. The van der Waals surface area contributed by atoms with Gasteiger partial charge in [-0.25, -0.2) is 0 Å². The first kappa shape index (κ1) is 8.96. The van der Waals surface area contributed by atoms with Crippen molar-refractivity contribution in [2.75, 3.05) is 6.61 Å². The number of hydrogen-bond donors (Lipinski definition) is 0. The Balaban J connectivity index is 1.76. The highest BCUT2D eigenvalue weighted by Crippen LogP contribution is 2.31. The Bertz CT molecular complexity index is 405. The minimum Gasteiger partial charge on any atom is -0.493 e. The zero-order chi connectivity index (χ0) is 10.3. The van der Waals surface area contributed by atoms with Crippen molar-refractivity contribution in [3.05, 3.63) is 29.3 Å². The number of hydrogen-bond acceptors (Lipinski definition) is 2. The predicted octanol–water partition coefficient (Wildman–Crippen LogP) is 2.60.